The fourth-order valence-electron chi connectivity index (χ4n) is 3.74. The highest BCUT2D eigenvalue weighted by molar-refractivity contribution is 5.44. The third-order valence-electron chi connectivity index (χ3n) is 5.35. The van der Waals surface area contributed by atoms with Gasteiger partial charge in [-0.15, -0.1) is 0 Å². The Morgan fingerprint density at radius 1 is 0.714 bits per heavy atom. The lowest BCUT2D eigenvalue weighted by atomic mass is 9.84. The molecule has 21 heavy (non-hydrogen) atoms. The number of hydrogen-bond acceptors (Lipinski definition) is 1. The molecule has 0 radical (unpaired) electrons. The summed E-state index contributed by atoms with van der Waals surface area (Å²) in [5, 5.41) is 9.87. The molecule has 118 valence electrons. The van der Waals surface area contributed by atoms with Gasteiger partial charge in [-0.05, 0) is 55.4 Å². The van der Waals surface area contributed by atoms with Crippen molar-refractivity contribution in [3.8, 4) is 5.75 Å². The van der Waals surface area contributed by atoms with Crippen molar-refractivity contribution >= 4 is 0 Å². The monoisotopic (exact) mass is 288 g/mol. The van der Waals surface area contributed by atoms with E-state index in [1.807, 2.05) is 13.0 Å². The zero-order valence-electron chi connectivity index (χ0n) is 14.0. The Bertz CT molecular complexity index is 424. The summed E-state index contributed by atoms with van der Waals surface area (Å²) in [5.41, 5.74) is 3.87. The van der Waals surface area contributed by atoms with E-state index in [-0.39, 0.29) is 0 Å². The summed E-state index contributed by atoms with van der Waals surface area (Å²) in [6, 6.07) is 4.07. The Kier molecular flexibility index (Phi) is 6.60. The molecule has 1 heteroatoms. The quantitative estimate of drug-likeness (QED) is 0.634. The van der Waals surface area contributed by atoms with Gasteiger partial charge < -0.3 is 5.11 Å². The Labute approximate surface area is 130 Å². The van der Waals surface area contributed by atoms with E-state index in [9.17, 15) is 5.11 Å². The normalized spacial score (nSPS) is 19.7. The van der Waals surface area contributed by atoms with Gasteiger partial charge in [0, 0.05) is 0 Å². The van der Waals surface area contributed by atoms with Gasteiger partial charge in [-0.1, -0.05) is 63.9 Å². The van der Waals surface area contributed by atoms with Crippen LogP contribution in [-0.2, 0) is 0 Å². The van der Waals surface area contributed by atoms with Crippen molar-refractivity contribution < 1.29 is 5.11 Å². The first-order chi connectivity index (χ1) is 10.2. The van der Waals surface area contributed by atoms with Crippen LogP contribution in [0.4, 0.5) is 0 Å². The predicted molar refractivity (Wildman–Crippen MR) is 91.1 cm³/mol. The molecule has 0 heterocycles. The fraction of sp³-hybridized carbons (Fsp3) is 0.700. The molecule has 0 saturated heterocycles. The summed E-state index contributed by atoms with van der Waals surface area (Å²) in [4.78, 5) is 0. The Balaban J connectivity index is 2.08. The van der Waals surface area contributed by atoms with E-state index in [1.165, 1.54) is 81.8 Å². The number of rotatable bonds is 1. The summed E-state index contributed by atoms with van der Waals surface area (Å²) >= 11 is 0. The molecule has 0 aliphatic heterocycles. The van der Waals surface area contributed by atoms with Gasteiger partial charge in [0.25, 0.3) is 0 Å². The van der Waals surface area contributed by atoms with Crippen LogP contribution in [0.5, 0.6) is 5.75 Å². The van der Waals surface area contributed by atoms with E-state index in [0.29, 0.717) is 11.7 Å². The van der Waals surface area contributed by atoms with E-state index >= 15 is 0 Å². The summed E-state index contributed by atoms with van der Waals surface area (Å²) in [5.74, 6) is 1.15. The lowest BCUT2D eigenvalue weighted by Gasteiger charge is -2.22. The standard InChI is InChI=1S/C20H32O/c1-16-17(2)20(21)15-14-19(16)18-12-10-8-6-4-3-5-7-9-11-13-18/h14-15,18,21H,3-13H2,1-2H3. The van der Waals surface area contributed by atoms with Crippen LogP contribution >= 0.6 is 0 Å². The summed E-state index contributed by atoms with van der Waals surface area (Å²) in [6.07, 6.45) is 15.3. The van der Waals surface area contributed by atoms with Gasteiger partial charge in [-0.2, -0.15) is 0 Å². The lowest BCUT2D eigenvalue weighted by molar-refractivity contribution is 0.460. The zero-order valence-corrected chi connectivity index (χ0v) is 14.0. The SMILES string of the molecule is Cc1c(O)ccc(C2CCCCCCCCCCC2)c1C. The maximum absolute atomic E-state index is 9.87. The molecular weight excluding hydrogens is 256 g/mol. The smallest absolute Gasteiger partial charge is 0.118 e. The van der Waals surface area contributed by atoms with E-state index in [4.69, 9.17) is 0 Å². The van der Waals surface area contributed by atoms with Crippen molar-refractivity contribution in [2.24, 2.45) is 0 Å². The van der Waals surface area contributed by atoms with Gasteiger partial charge in [0.05, 0.1) is 0 Å². The summed E-state index contributed by atoms with van der Waals surface area (Å²) in [7, 11) is 0. The molecule has 2 rings (SSSR count). The van der Waals surface area contributed by atoms with Crippen LogP contribution < -0.4 is 0 Å². The third-order valence-corrected chi connectivity index (χ3v) is 5.35. The number of hydrogen-bond donors (Lipinski definition) is 1. The van der Waals surface area contributed by atoms with Gasteiger partial charge in [0.1, 0.15) is 5.75 Å². The van der Waals surface area contributed by atoms with Crippen molar-refractivity contribution in [2.75, 3.05) is 0 Å². The second-order valence-corrected chi connectivity index (χ2v) is 6.88. The predicted octanol–water partition coefficient (Wildman–Crippen LogP) is 6.40. The maximum Gasteiger partial charge on any atom is 0.118 e. The van der Waals surface area contributed by atoms with Crippen molar-refractivity contribution in [1.82, 2.24) is 0 Å². The van der Waals surface area contributed by atoms with E-state index in [2.05, 4.69) is 13.0 Å². The van der Waals surface area contributed by atoms with Crippen LogP contribution in [0.3, 0.4) is 0 Å². The highest BCUT2D eigenvalue weighted by Crippen LogP contribution is 2.34. The lowest BCUT2D eigenvalue weighted by Crippen LogP contribution is -2.04. The van der Waals surface area contributed by atoms with Gasteiger partial charge in [0.2, 0.25) is 0 Å². The molecule has 1 aliphatic rings. The molecule has 0 bridgehead atoms. The first-order valence-corrected chi connectivity index (χ1v) is 8.99. The van der Waals surface area contributed by atoms with Crippen LogP contribution in [0.15, 0.2) is 12.1 Å². The van der Waals surface area contributed by atoms with Crippen molar-refractivity contribution in [1.29, 1.82) is 0 Å². The van der Waals surface area contributed by atoms with Crippen LogP contribution in [0, 0.1) is 13.8 Å². The minimum absolute atomic E-state index is 0.449. The van der Waals surface area contributed by atoms with Crippen LogP contribution in [0.1, 0.15) is 93.2 Å². The topological polar surface area (TPSA) is 20.2 Å². The average Bonchev–Trinajstić information content (AvgIpc) is 2.46. The minimum Gasteiger partial charge on any atom is -0.508 e. The molecule has 1 fully saturated rings. The molecule has 1 nitrogen and oxygen atoms in total. The third kappa shape index (κ3) is 4.76. The largest absolute Gasteiger partial charge is 0.508 e. The maximum atomic E-state index is 9.87. The molecule has 1 N–H and O–H groups in total. The number of aromatic hydroxyl groups is 1. The van der Waals surface area contributed by atoms with E-state index < -0.39 is 0 Å². The highest BCUT2D eigenvalue weighted by Gasteiger charge is 2.16. The molecule has 1 aromatic carbocycles. The van der Waals surface area contributed by atoms with Gasteiger partial charge in [0.15, 0.2) is 0 Å². The van der Waals surface area contributed by atoms with Crippen LogP contribution in [0.2, 0.25) is 0 Å². The number of phenolic OH excluding ortho intramolecular Hbond substituents is 1. The summed E-state index contributed by atoms with van der Waals surface area (Å²) < 4.78 is 0. The van der Waals surface area contributed by atoms with Gasteiger partial charge >= 0.3 is 0 Å². The second kappa shape index (κ2) is 8.46. The van der Waals surface area contributed by atoms with Crippen LogP contribution in [0.25, 0.3) is 0 Å². The molecule has 1 saturated carbocycles. The molecule has 1 aromatic rings. The van der Waals surface area contributed by atoms with Gasteiger partial charge in [-0.25, -0.2) is 0 Å². The van der Waals surface area contributed by atoms with Crippen LogP contribution in [-0.4, -0.2) is 5.11 Å². The molecule has 0 unspecified atom stereocenters. The minimum atomic E-state index is 0.449. The van der Waals surface area contributed by atoms with Crippen molar-refractivity contribution in [3.05, 3.63) is 28.8 Å². The van der Waals surface area contributed by atoms with Crippen molar-refractivity contribution in [2.45, 2.75) is 90.4 Å². The van der Waals surface area contributed by atoms with E-state index in [1.54, 1.807) is 0 Å². The first kappa shape index (κ1) is 16.4. The molecular formula is C20H32O. The second-order valence-electron chi connectivity index (χ2n) is 6.88. The van der Waals surface area contributed by atoms with Gasteiger partial charge in [-0.3, -0.25) is 0 Å². The fourth-order valence-corrected chi connectivity index (χ4v) is 3.74. The van der Waals surface area contributed by atoms with Crippen molar-refractivity contribution in [3.63, 3.8) is 0 Å². The number of phenols is 1. The first-order valence-electron chi connectivity index (χ1n) is 8.99. The molecule has 0 aromatic heterocycles. The Hall–Kier alpha value is -0.980. The molecule has 0 amide bonds. The van der Waals surface area contributed by atoms with E-state index in [0.717, 1.165) is 5.56 Å². The Morgan fingerprint density at radius 3 is 1.71 bits per heavy atom. The molecule has 1 aliphatic carbocycles. The zero-order chi connectivity index (χ0) is 15.1. The molecule has 0 atom stereocenters. The highest BCUT2D eigenvalue weighted by atomic mass is 16.3. The Morgan fingerprint density at radius 2 is 1.19 bits per heavy atom. The molecule has 0 spiro atoms. The number of benzene rings is 1. The summed E-state index contributed by atoms with van der Waals surface area (Å²) in [6.45, 7) is 4.23. The average molecular weight is 288 g/mol.